The van der Waals surface area contributed by atoms with E-state index in [9.17, 15) is 9.67 Å². The number of hydrogen-bond donors (Lipinski definition) is 1. The molecular weight excluding hydrogens is 159 g/mol. The Morgan fingerprint density at radius 2 is 2.18 bits per heavy atom. The van der Waals surface area contributed by atoms with Gasteiger partial charge in [0, 0.05) is 5.92 Å². The number of rotatable bonds is 3. The second kappa shape index (κ2) is 5.29. The van der Waals surface area contributed by atoms with E-state index in [-0.39, 0.29) is 5.92 Å². The van der Waals surface area contributed by atoms with Gasteiger partial charge in [-0.1, -0.05) is 17.4 Å². The molecule has 3 unspecified atom stereocenters. The molecule has 0 saturated carbocycles. The van der Waals surface area contributed by atoms with E-state index in [2.05, 4.69) is 11.8 Å². The molecule has 11 heavy (non-hydrogen) atoms. The number of aliphatic hydroxyl groups is 1. The summed E-state index contributed by atoms with van der Waals surface area (Å²) < 4.78 is 10.8. The summed E-state index contributed by atoms with van der Waals surface area (Å²) in [6.45, 7) is 5.20. The highest BCUT2D eigenvalue weighted by atomic mass is 31.1. The Morgan fingerprint density at radius 1 is 1.64 bits per heavy atom. The molecular formula is C8H14O2P+. The molecule has 0 aliphatic rings. The molecule has 0 rings (SSSR count). The van der Waals surface area contributed by atoms with Crippen LogP contribution >= 0.6 is 7.80 Å². The van der Waals surface area contributed by atoms with Crippen molar-refractivity contribution in [3.63, 3.8) is 0 Å². The van der Waals surface area contributed by atoms with Gasteiger partial charge >= 0.3 is 7.80 Å². The smallest absolute Gasteiger partial charge is 0.335 e. The van der Waals surface area contributed by atoms with Crippen molar-refractivity contribution in [2.75, 3.05) is 12.8 Å². The summed E-state index contributed by atoms with van der Waals surface area (Å²) in [6, 6.07) is 0. The van der Waals surface area contributed by atoms with E-state index in [4.69, 9.17) is 0 Å². The van der Waals surface area contributed by atoms with Crippen LogP contribution in [0.2, 0.25) is 0 Å². The summed E-state index contributed by atoms with van der Waals surface area (Å²) in [5.41, 5.74) is 0. The highest BCUT2D eigenvalue weighted by molar-refractivity contribution is 7.43. The van der Waals surface area contributed by atoms with Gasteiger partial charge < -0.3 is 5.11 Å². The molecule has 0 aromatic carbocycles. The molecule has 62 valence electrons. The first-order valence-electron chi connectivity index (χ1n) is 3.56. The van der Waals surface area contributed by atoms with Crippen LogP contribution in [0.25, 0.3) is 0 Å². The molecule has 0 aliphatic carbocycles. The Labute approximate surface area is 68.8 Å². The van der Waals surface area contributed by atoms with Crippen LogP contribution in [-0.4, -0.2) is 24.0 Å². The zero-order valence-electron chi connectivity index (χ0n) is 7.16. The molecule has 0 fully saturated rings. The second-order valence-corrected chi connectivity index (χ2v) is 4.25. The first-order chi connectivity index (χ1) is 5.07. The standard InChI is InChI=1S/C8H14O2P/c1-4-5-8(9)7(2)6-11(3)10/h7-9H,6H2,1-3H3/q+1. The van der Waals surface area contributed by atoms with Gasteiger partial charge in [0.15, 0.2) is 6.16 Å². The highest BCUT2D eigenvalue weighted by Gasteiger charge is 2.19. The molecule has 1 N–H and O–H groups in total. The molecule has 3 heteroatoms. The SMILES string of the molecule is CC#CC(O)C(C)C[P+](C)=O. The van der Waals surface area contributed by atoms with Crippen LogP contribution in [-0.2, 0) is 4.57 Å². The summed E-state index contributed by atoms with van der Waals surface area (Å²) in [5.74, 6) is 5.26. The average molecular weight is 173 g/mol. The van der Waals surface area contributed by atoms with Crippen molar-refractivity contribution in [3.8, 4) is 11.8 Å². The van der Waals surface area contributed by atoms with Crippen molar-refractivity contribution < 1.29 is 9.67 Å². The van der Waals surface area contributed by atoms with E-state index >= 15 is 0 Å². The van der Waals surface area contributed by atoms with Crippen LogP contribution < -0.4 is 0 Å². The van der Waals surface area contributed by atoms with Crippen molar-refractivity contribution in [3.05, 3.63) is 0 Å². The van der Waals surface area contributed by atoms with Crippen LogP contribution in [0, 0.1) is 17.8 Å². The van der Waals surface area contributed by atoms with E-state index < -0.39 is 13.9 Å². The second-order valence-electron chi connectivity index (χ2n) is 2.63. The largest absolute Gasteiger partial charge is 0.380 e. The maximum atomic E-state index is 10.8. The molecule has 2 nitrogen and oxygen atoms in total. The highest BCUT2D eigenvalue weighted by Crippen LogP contribution is 2.20. The lowest BCUT2D eigenvalue weighted by atomic mass is 10.1. The third-order valence-corrected chi connectivity index (χ3v) is 2.47. The van der Waals surface area contributed by atoms with E-state index in [1.165, 1.54) is 0 Å². The Hall–Kier alpha value is -0.380. The van der Waals surface area contributed by atoms with Gasteiger partial charge in [-0.15, -0.1) is 5.92 Å². The fraction of sp³-hybridized carbons (Fsp3) is 0.750. The zero-order valence-corrected chi connectivity index (χ0v) is 8.06. The van der Waals surface area contributed by atoms with Crippen LogP contribution in [0.1, 0.15) is 13.8 Å². The molecule has 0 aromatic heterocycles. The number of hydrogen-bond acceptors (Lipinski definition) is 2. The van der Waals surface area contributed by atoms with Gasteiger partial charge in [0.1, 0.15) is 12.8 Å². The lowest BCUT2D eigenvalue weighted by molar-refractivity contribution is 0.183. The monoisotopic (exact) mass is 173 g/mol. The maximum Gasteiger partial charge on any atom is 0.335 e. The van der Waals surface area contributed by atoms with Crippen LogP contribution in [0.5, 0.6) is 0 Å². The van der Waals surface area contributed by atoms with Gasteiger partial charge in [-0.25, -0.2) is 0 Å². The lowest BCUT2D eigenvalue weighted by Crippen LogP contribution is -2.17. The van der Waals surface area contributed by atoms with E-state index in [0.717, 1.165) is 0 Å². The van der Waals surface area contributed by atoms with Crippen molar-refractivity contribution in [1.82, 2.24) is 0 Å². The molecule has 3 atom stereocenters. The van der Waals surface area contributed by atoms with Gasteiger partial charge in [-0.3, -0.25) is 0 Å². The average Bonchev–Trinajstić information content (AvgIpc) is 1.86. The van der Waals surface area contributed by atoms with Crippen molar-refractivity contribution >= 4 is 7.80 Å². The molecule has 0 spiro atoms. The Balaban J connectivity index is 3.88. The first-order valence-corrected chi connectivity index (χ1v) is 5.45. The van der Waals surface area contributed by atoms with Gasteiger partial charge in [0.2, 0.25) is 0 Å². The Bertz CT molecular complexity index is 190. The summed E-state index contributed by atoms with van der Waals surface area (Å²) in [4.78, 5) is 0. The van der Waals surface area contributed by atoms with Gasteiger partial charge in [0.25, 0.3) is 0 Å². The quantitative estimate of drug-likeness (QED) is 0.518. The van der Waals surface area contributed by atoms with Crippen LogP contribution in [0.4, 0.5) is 0 Å². The topological polar surface area (TPSA) is 37.3 Å². The van der Waals surface area contributed by atoms with Crippen molar-refractivity contribution in [2.45, 2.75) is 20.0 Å². The fourth-order valence-corrected chi connectivity index (χ4v) is 1.81. The normalized spacial score (nSPS) is 16.2. The Morgan fingerprint density at radius 3 is 2.55 bits per heavy atom. The summed E-state index contributed by atoms with van der Waals surface area (Å²) in [7, 11) is -1.16. The third-order valence-electron chi connectivity index (χ3n) is 1.38. The zero-order chi connectivity index (χ0) is 8.85. The van der Waals surface area contributed by atoms with Crippen LogP contribution in [0.15, 0.2) is 0 Å². The molecule has 0 aromatic rings. The predicted octanol–water partition coefficient (Wildman–Crippen LogP) is 1.46. The van der Waals surface area contributed by atoms with E-state index in [1.807, 2.05) is 6.92 Å². The minimum Gasteiger partial charge on any atom is -0.380 e. The molecule has 0 radical (unpaired) electrons. The third kappa shape index (κ3) is 4.95. The lowest BCUT2D eigenvalue weighted by Gasteiger charge is -2.06. The first kappa shape index (κ1) is 10.6. The van der Waals surface area contributed by atoms with Gasteiger partial charge in [0.05, 0.1) is 0 Å². The molecule has 0 bridgehead atoms. The minimum absolute atomic E-state index is 0.0102. The summed E-state index contributed by atoms with van der Waals surface area (Å²) in [6.07, 6.45) is -0.0792. The Kier molecular flexibility index (Phi) is 5.11. The van der Waals surface area contributed by atoms with Gasteiger partial charge in [-0.05, 0) is 6.92 Å². The summed E-state index contributed by atoms with van der Waals surface area (Å²) >= 11 is 0. The minimum atomic E-state index is -1.16. The van der Waals surface area contributed by atoms with Crippen LogP contribution in [0.3, 0.4) is 0 Å². The molecule has 0 saturated heterocycles. The van der Waals surface area contributed by atoms with E-state index in [1.54, 1.807) is 13.6 Å². The van der Waals surface area contributed by atoms with E-state index in [0.29, 0.717) is 6.16 Å². The molecule has 0 heterocycles. The fourth-order valence-electron chi connectivity index (χ4n) is 0.796. The molecule has 0 amide bonds. The number of aliphatic hydroxyl groups excluding tert-OH is 1. The van der Waals surface area contributed by atoms with Gasteiger partial charge in [-0.2, -0.15) is 0 Å². The van der Waals surface area contributed by atoms with Crippen molar-refractivity contribution in [2.24, 2.45) is 5.92 Å². The molecule has 0 aliphatic heterocycles. The summed E-state index contributed by atoms with van der Waals surface area (Å²) in [5, 5.41) is 9.26. The predicted molar refractivity (Wildman–Crippen MR) is 47.0 cm³/mol. The maximum absolute atomic E-state index is 10.8. The van der Waals surface area contributed by atoms with Crippen molar-refractivity contribution in [1.29, 1.82) is 0 Å².